The number of thiol groups is 1. The molecule has 0 rings (SSSR count). The van der Waals surface area contributed by atoms with Crippen LogP contribution in [0.2, 0.25) is 0 Å². The second-order valence-electron chi connectivity index (χ2n) is 2.75. The maximum atomic E-state index is 4.18. The SMILES string of the molecule is CN=C(S)N(C)CCN(C)C.Cl.Cl. The number of halogens is 2. The number of hydrogen-bond donors (Lipinski definition) is 1. The third-order valence-corrected chi connectivity index (χ3v) is 1.97. The molecule has 0 saturated heterocycles. The second kappa shape index (κ2) is 10.4. The van der Waals surface area contributed by atoms with Crippen molar-refractivity contribution < 1.29 is 0 Å². The first-order valence-electron chi connectivity index (χ1n) is 3.59. The van der Waals surface area contributed by atoms with Crippen LogP contribution in [0.3, 0.4) is 0 Å². The fraction of sp³-hybridized carbons (Fsp3) is 0.857. The first-order chi connectivity index (χ1) is 5.07. The van der Waals surface area contributed by atoms with Crippen molar-refractivity contribution in [3.63, 3.8) is 0 Å². The van der Waals surface area contributed by atoms with E-state index in [9.17, 15) is 0 Å². The van der Waals surface area contributed by atoms with Gasteiger partial charge in [0.1, 0.15) is 0 Å². The van der Waals surface area contributed by atoms with Crippen LogP contribution in [0.25, 0.3) is 0 Å². The molecule has 3 nitrogen and oxygen atoms in total. The van der Waals surface area contributed by atoms with E-state index in [1.165, 1.54) is 0 Å². The normalized spacial score (nSPS) is 10.5. The first-order valence-corrected chi connectivity index (χ1v) is 4.04. The monoisotopic (exact) mass is 247 g/mol. The highest BCUT2D eigenvalue weighted by molar-refractivity contribution is 7.96. The number of amidine groups is 1. The van der Waals surface area contributed by atoms with Crippen molar-refractivity contribution in [2.45, 2.75) is 0 Å². The maximum absolute atomic E-state index is 4.18. The highest BCUT2D eigenvalue weighted by Crippen LogP contribution is 1.91. The van der Waals surface area contributed by atoms with Crippen LogP contribution in [0.4, 0.5) is 0 Å². The molecule has 0 aromatic rings. The number of likely N-dealkylation sites (N-methyl/N-ethyl adjacent to an activating group) is 2. The summed E-state index contributed by atoms with van der Waals surface area (Å²) >= 11 is 4.18. The van der Waals surface area contributed by atoms with Crippen molar-refractivity contribution in [3.8, 4) is 0 Å². The van der Waals surface area contributed by atoms with Gasteiger partial charge in [0.05, 0.1) is 0 Å². The van der Waals surface area contributed by atoms with Crippen molar-refractivity contribution in [2.75, 3.05) is 41.3 Å². The van der Waals surface area contributed by atoms with Gasteiger partial charge in [0.15, 0.2) is 5.17 Å². The molecular formula is C7H19Cl2N3S. The molecule has 0 heterocycles. The van der Waals surface area contributed by atoms with E-state index in [-0.39, 0.29) is 24.8 Å². The highest BCUT2D eigenvalue weighted by atomic mass is 35.5. The van der Waals surface area contributed by atoms with E-state index in [1.54, 1.807) is 7.05 Å². The minimum absolute atomic E-state index is 0. The fourth-order valence-electron chi connectivity index (χ4n) is 0.621. The van der Waals surface area contributed by atoms with Crippen LogP contribution in [0.15, 0.2) is 4.99 Å². The molecule has 0 N–H and O–H groups in total. The summed E-state index contributed by atoms with van der Waals surface area (Å²) in [7, 11) is 7.83. The van der Waals surface area contributed by atoms with Gasteiger partial charge in [-0.3, -0.25) is 4.99 Å². The summed E-state index contributed by atoms with van der Waals surface area (Å²) in [6, 6.07) is 0. The van der Waals surface area contributed by atoms with E-state index < -0.39 is 0 Å². The molecule has 0 radical (unpaired) electrons. The molecule has 0 atom stereocenters. The molecule has 0 fully saturated rings. The molecule has 0 unspecified atom stereocenters. The number of rotatable bonds is 3. The van der Waals surface area contributed by atoms with E-state index in [0.717, 1.165) is 18.3 Å². The summed E-state index contributed by atoms with van der Waals surface area (Å²) in [5.41, 5.74) is 0. The molecule has 0 aromatic carbocycles. The maximum Gasteiger partial charge on any atom is 0.155 e. The lowest BCUT2D eigenvalue weighted by molar-refractivity contribution is 0.359. The smallest absolute Gasteiger partial charge is 0.155 e. The van der Waals surface area contributed by atoms with Gasteiger partial charge in [0, 0.05) is 27.2 Å². The van der Waals surface area contributed by atoms with E-state index in [2.05, 4.69) is 36.6 Å². The zero-order valence-corrected chi connectivity index (χ0v) is 11.0. The molecule has 82 valence electrons. The van der Waals surface area contributed by atoms with Gasteiger partial charge in [-0.1, -0.05) is 0 Å². The van der Waals surface area contributed by atoms with Crippen LogP contribution < -0.4 is 0 Å². The summed E-state index contributed by atoms with van der Waals surface area (Å²) < 4.78 is 0. The molecule has 0 bridgehead atoms. The van der Waals surface area contributed by atoms with Crippen molar-refractivity contribution in [1.82, 2.24) is 9.80 Å². The average molecular weight is 248 g/mol. The lowest BCUT2D eigenvalue weighted by Gasteiger charge is -2.19. The van der Waals surface area contributed by atoms with Crippen molar-refractivity contribution in [2.24, 2.45) is 4.99 Å². The van der Waals surface area contributed by atoms with Crippen LogP contribution in [0, 0.1) is 0 Å². The van der Waals surface area contributed by atoms with Gasteiger partial charge >= 0.3 is 0 Å². The molecule has 0 saturated carbocycles. The third-order valence-electron chi connectivity index (χ3n) is 1.42. The molecule has 0 aliphatic rings. The predicted molar refractivity (Wildman–Crippen MR) is 68.0 cm³/mol. The lowest BCUT2D eigenvalue weighted by atomic mass is 10.5. The van der Waals surface area contributed by atoms with E-state index in [1.807, 2.05) is 11.9 Å². The van der Waals surface area contributed by atoms with Gasteiger partial charge in [-0.15, -0.1) is 37.4 Å². The molecule has 0 aliphatic heterocycles. The van der Waals surface area contributed by atoms with Crippen molar-refractivity contribution in [1.29, 1.82) is 0 Å². The quantitative estimate of drug-likeness (QED) is 0.460. The minimum atomic E-state index is 0. The Hall–Kier alpha value is 0.360. The van der Waals surface area contributed by atoms with Gasteiger partial charge in [-0.2, -0.15) is 0 Å². The van der Waals surface area contributed by atoms with Gasteiger partial charge in [0.25, 0.3) is 0 Å². The molecule has 0 aromatic heterocycles. The average Bonchev–Trinajstić information content (AvgIpc) is 1.98. The first kappa shape index (κ1) is 19.0. The summed E-state index contributed by atoms with van der Waals surface area (Å²) in [5, 5.41) is 0.784. The Bertz CT molecular complexity index is 142. The Morgan fingerprint density at radius 1 is 1.15 bits per heavy atom. The van der Waals surface area contributed by atoms with E-state index in [0.29, 0.717) is 0 Å². The Morgan fingerprint density at radius 2 is 1.62 bits per heavy atom. The largest absolute Gasteiger partial charge is 0.353 e. The number of aliphatic imine (C=N–C) groups is 1. The Morgan fingerprint density at radius 3 is 1.92 bits per heavy atom. The Kier molecular flexibility index (Phi) is 15.3. The number of nitrogens with zero attached hydrogens (tertiary/aromatic N) is 3. The third kappa shape index (κ3) is 10.3. The zero-order chi connectivity index (χ0) is 8.85. The molecule has 0 amide bonds. The van der Waals surface area contributed by atoms with E-state index >= 15 is 0 Å². The van der Waals surface area contributed by atoms with Crippen molar-refractivity contribution >= 4 is 42.6 Å². The fourth-order valence-corrected chi connectivity index (χ4v) is 0.721. The van der Waals surface area contributed by atoms with Gasteiger partial charge in [0.2, 0.25) is 0 Å². The summed E-state index contributed by atoms with van der Waals surface area (Å²) in [4.78, 5) is 8.10. The van der Waals surface area contributed by atoms with Crippen LogP contribution >= 0.6 is 37.4 Å². The zero-order valence-electron chi connectivity index (χ0n) is 8.52. The standard InChI is InChI=1S/C7H17N3S.2ClH/c1-8-7(11)10(4)6-5-9(2)3;;/h5-6H2,1-4H3,(H,8,11);2*1H. The molecule has 0 spiro atoms. The lowest BCUT2D eigenvalue weighted by Crippen LogP contribution is -2.30. The second-order valence-corrected chi connectivity index (χ2v) is 3.15. The summed E-state index contributed by atoms with van der Waals surface area (Å²) in [6.07, 6.45) is 0. The molecule has 6 heteroatoms. The highest BCUT2D eigenvalue weighted by Gasteiger charge is 1.99. The van der Waals surface area contributed by atoms with Crippen molar-refractivity contribution in [3.05, 3.63) is 0 Å². The molecule has 13 heavy (non-hydrogen) atoms. The van der Waals surface area contributed by atoms with Gasteiger partial charge in [-0.05, 0) is 14.1 Å². The van der Waals surface area contributed by atoms with E-state index in [4.69, 9.17) is 0 Å². The van der Waals surface area contributed by atoms with Crippen LogP contribution in [-0.2, 0) is 0 Å². The Labute approximate surface area is 98.8 Å². The molecular weight excluding hydrogens is 229 g/mol. The van der Waals surface area contributed by atoms with Crippen LogP contribution in [-0.4, -0.2) is 56.2 Å². The predicted octanol–water partition coefficient (Wildman–Crippen LogP) is 1.24. The van der Waals surface area contributed by atoms with Gasteiger partial charge in [-0.25, -0.2) is 0 Å². The summed E-state index contributed by atoms with van der Waals surface area (Å²) in [5.74, 6) is 0. The topological polar surface area (TPSA) is 18.8 Å². The van der Waals surface area contributed by atoms with Crippen LogP contribution in [0.5, 0.6) is 0 Å². The minimum Gasteiger partial charge on any atom is -0.353 e. The molecule has 0 aliphatic carbocycles. The van der Waals surface area contributed by atoms with Crippen LogP contribution in [0.1, 0.15) is 0 Å². The van der Waals surface area contributed by atoms with Gasteiger partial charge < -0.3 is 9.80 Å². The Balaban J connectivity index is -0.000000500. The summed E-state index contributed by atoms with van der Waals surface area (Å²) in [6.45, 7) is 1.99. The number of hydrogen-bond acceptors (Lipinski definition) is 2.